The predicted molar refractivity (Wildman–Crippen MR) is 91.4 cm³/mol. The van der Waals surface area contributed by atoms with Crippen LogP contribution in [-0.2, 0) is 12.6 Å². The van der Waals surface area contributed by atoms with Gasteiger partial charge in [0.25, 0.3) is 5.91 Å². The Morgan fingerprint density at radius 1 is 1.31 bits per heavy atom. The van der Waals surface area contributed by atoms with Crippen LogP contribution in [0.1, 0.15) is 34.3 Å². The number of anilines is 1. The van der Waals surface area contributed by atoms with Crippen molar-refractivity contribution in [3.63, 3.8) is 0 Å². The topological polar surface area (TPSA) is 87.7 Å². The van der Waals surface area contributed by atoms with Gasteiger partial charge in [-0.3, -0.25) is 14.9 Å². The Balaban J connectivity index is 1.91. The van der Waals surface area contributed by atoms with Crippen molar-refractivity contribution in [2.75, 3.05) is 5.32 Å². The second-order valence-electron chi connectivity index (χ2n) is 5.49. The molecule has 1 aromatic carbocycles. The van der Waals surface area contributed by atoms with E-state index in [1.807, 2.05) is 6.92 Å². The average molecular weight is 382 g/mol. The molecule has 0 aliphatic carbocycles. The maximum Gasteiger partial charge on any atom is 0.416 e. The first kappa shape index (κ1) is 18.1. The van der Waals surface area contributed by atoms with Crippen molar-refractivity contribution in [3.05, 3.63) is 50.8 Å². The zero-order valence-electron chi connectivity index (χ0n) is 13.5. The molecule has 3 rings (SSSR count). The van der Waals surface area contributed by atoms with E-state index in [0.29, 0.717) is 0 Å². The van der Waals surface area contributed by atoms with Gasteiger partial charge in [0.2, 0.25) is 10.6 Å². The second kappa shape index (κ2) is 6.87. The Bertz CT molecular complexity index is 1030. The number of alkyl halides is 3. The quantitative estimate of drug-likeness (QED) is 0.722. The monoisotopic (exact) mass is 382 g/mol. The smallest absolute Gasteiger partial charge is 0.360 e. The molecule has 6 nitrogen and oxygen atoms in total. The molecule has 0 aliphatic heterocycles. The molecule has 0 atom stereocenters. The van der Waals surface area contributed by atoms with Crippen molar-refractivity contribution in [2.24, 2.45) is 0 Å². The summed E-state index contributed by atoms with van der Waals surface area (Å²) in [4.78, 5) is 27.3. The Labute approximate surface area is 149 Å². The number of carbonyl (C=O) groups is 1. The third-order valence-corrected chi connectivity index (χ3v) is 4.50. The van der Waals surface area contributed by atoms with Gasteiger partial charge in [-0.2, -0.15) is 13.2 Å². The average Bonchev–Trinajstić information content (AvgIpc) is 3.01. The zero-order chi connectivity index (χ0) is 18.9. The van der Waals surface area contributed by atoms with Gasteiger partial charge in [-0.15, -0.1) is 10.2 Å². The van der Waals surface area contributed by atoms with Crippen molar-refractivity contribution in [1.82, 2.24) is 15.2 Å². The van der Waals surface area contributed by atoms with Crippen LogP contribution in [0, 0.1) is 0 Å². The van der Waals surface area contributed by atoms with Gasteiger partial charge in [0.15, 0.2) is 0 Å². The highest BCUT2D eigenvalue weighted by atomic mass is 32.1. The minimum Gasteiger partial charge on any atom is -0.360 e. The molecule has 0 saturated carbocycles. The van der Waals surface area contributed by atoms with Crippen LogP contribution in [0.3, 0.4) is 0 Å². The lowest BCUT2D eigenvalue weighted by Crippen LogP contribution is -2.22. The van der Waals surface area contributed by atoms with Crippen LogP contribution in [-0.4, -0.2) is 21.1 Å². The number of carbonyl (C=O) groups excluding carboxylic acids is 1. The molecule has 0 aliphatic rings. The van der Waals surface area contributed by atoms with E-state index in [1.54, 1.807) is 0 Å². The molecule has 0 radical (unpaired) electrons. The fourth-order valence-electron chi connectivity index (χ4n) is 2.35. The molecule has 0 spiro atoms. The minimum absolute atomic E-state index is 0.00234. The van der Waals surface area contributed by atoms with E-state index in [1.165, 1.54) is 11.3 Å². The molecular formula is C16H13F3N4O2S. The Kier molecular flexibility index (Phi) is 4.77. The number of halogens is 3. The highest BCUT2D eigenvalue weighted by Crippen LogP contribution is 2.30. The van der Waals surface area contributed by atoms with E-state index in [4.69, 9.17) is 0 Å². The molecule has 0 fully saturated rings. The number of pyridine rings is 1. The number of aryl methyl sites for hydroxylation is 1. The summed E-state index contributed by atoms with van der Waals surface area (Å²) < 4.78 is 38.3. The number of aromatic amines is 1. The third-order valence-electron chi connectivity index (χ3n) is 3.60. The summed E-state index contributed by atoms with van der Waals surface area (Å²) in [5.74, 6) is -0.702. The Morgan fingerprint density at radius 3 is 2.77 bits per heavy atom. The van der Waals surface area contributed by atoms with Gasteiger partial charge >= 0.3 is 6.18 Å². The standard InChI is InChI=1S/C16H13F3N4O2S/c1-2-3-12-22-23-15(26-12)21-14(25)10-7-20-11-6-8(16(17,18)19)4-5-9(11)13(10)24/h4-7H,2-3H2,1H3,(H,20,24)(H,21,23,25). The summed E-state index contributed by atoms with van der Waals surface area (Å²) in [5.41, 5.74) is -1.76. The van der Waals surface area contributed by atoms with Gasteiger partial charge in [-0.1, -0.05) is 18.3 Å². The van der Waals surface area contributed by atoms with E-state index in [-0.39, 0.29) is 21.6 Å². The van der Waals surface area contributed by atoms with Gasteiger partial charge in [-0.05, 0) is 24.6 Å². The summed E-state index contributed by atoms with van der Waals surface area (Å²) in [6.07, 6.45) is -1.82. The lowest BCUT2D eigenvalue weighted by Gasteiger charge is -2.08. The highest BCUT2D eigenvalue weighted by Gasteiger charge is 2.30. The largest absolute Gasteiger partial charge is 0.416 e. The highest BCUT2D eigenvalue weighted by molar-refractivity contribution is 7.15. The number of nitrogens with one attached hydrogen (secondary N) is 2. The number of amides is 1. The van der Waals surface area contributed by atoms with E-state index in [9.17, 15) is 22.8 Å². The number of rotatable bonds is 4. The molecule has 1 amide bonds. The van der Waals surface area contributed by atoms with Gasteiger partial charge < -0.3 is 4.98 Å². The molecule has 0 bridgehead atoms. The maximum atomic E-state index is 12.8. The molecule has 136 valence electrons. The lowest BCUT2D eigenvalue weighted by molar-refractivity contribution is -0.137. The number of hydrogen-bond donors (Lipinski definition) is 2. The van der Waals surface area contributed by atoms with Crippen molar-refractivity contribution >= 4 is 33.3 Å². The molecule has 2 heterocycles. The molecule has 0 unspecified atom stereocenters. The summed E-state index contributed by atoms with van der Waals surface area (Å²) in [5, 5.41) is 11.2. The summed E-state index contributed by atoms with van der Waals surface area (Å²) >= 11 is 1.20. The third kappa shape index (κ3) is 3.59. The molecule has 2 N–H and O–H groups in total. The number of benzene rings is 1. The van der Waals surface area contributed by atoms with Crippen molar-refractivity contribution < 1.29 is 18.0 Å². The minimum atomic E-state index is -4.52. The molecule has 3 aromatic rings. The van der Waals surface area contributed by atoms with Crippen LogP contribution < -0.4 is 10.7 Å². The first-order valence-corrected chi connectivity index (χ1v) is 8.47. The second-order valence-corrected chi connectivity index (χ2v) is 6.56. The number of aromatic nitrogens is 3. The van der Waals surface area contributed by atoms with Gasteiger partial charge in [0, 0.05) is 23.5 Å². The van der Waals surface area contributed by atoms with Crippen LogP contribution in [0.5, 0.6) is 0 Å². The zero-order valence-corrected chi connectivity index (χ0v) is 14.3. The fourth-order valence-corrected chi connectivity index (χ4v) is 3.19. The van der Waals surface area contributed by atoms with E-state index in [0.717, 1.165) is 42.2 Å². The van der Waals surface area contributed by atoms with Gasteiger partial charge in [0.1, 0.15) is 10.6 Å². The van der Waals surface area contributed by atoms with E-state index >= 15 is 0 Å². The van der Waals surface area contributed by atoms with Crippen molar-refractivity contribution in [2.45, 2.75) is 25.9 Å². The van der Waals surface area contributed by atoms with Crippen LogP contribution in [0.15, 0.2) is 29.2 Å². The molecule has 0 saturated heterocycles. The first-order chi connectivity index (χ1) is 12.3. The normalized spacial score (nSPS) is 11.7. The SMILES string of the molecule is CCCc1nnc(NC(=O)c2c[nH]c3cc(C(F)(F)F)ccc3c2=O)s1. The van der Waals surface area contributed by atoms with Crippen LogP contribution in [0.25, 0.3) is 10.9 Å². The summed E-state index contributed by atoms with van der Waals surface area (Å²) in [6.45, 7) is 1.98. The molecule has 2 aromatic heterocycles. The Hall–Kier alpha value is -2.75. The number of nitrogens with zero attached hydrogens (tertiary/aromatic N) is 2. The van der Waals surface area contributed by atoms with E-state index in [2.05, 4.69) is 20.5 Å². The molecule has 26 heavy (non-hydrogen) atoms. The number of hydrogen-bond acceptors (Lipinski definition) is 5. The summed E-state index contributed by atoms with van der Waals surface area (Å²) in [7, 11) is 0. The maximum absolute atomic E-state index is 12.8. The van der Waals surface area contributed by atoms with Gasteiger partial charge in [0.05, 0.1) is 5.56 Å². The van der Waals surface area contributed by atoms with Crippen molar-refractivity contribution in [1.29, 1.82) is 0 Å². The van der Waals surface area contributed by atoms with Crippen LogP contribution in [0.2, 0.25) is 0 Å². The number of H-pyrrole nitrogens is 1. The van der Waals surface area contributed by atoms with Crippen molar-refractivity contribution in [3.8, 4) is 0 Å². The predicted octanol–water partition coefficient (Wildman–Crippen LogP) is 3.60. The lowest BCUT2D eigenvalue weighted by atomic mass is 10.1. The number of fused-ring (bicyclic) bond motifs is 1. The molecular weight excluding hydrogens is 369 g/mol. The summed E-state index contributed by atoms with van der Waals surface area (Å²) in [6, 6.07) is 2.69. The molecule has 10 heteroatoms. The van der Waals surface area contributed by atoms with Crippen LogP contribution in [0.4, 0.5) is 18.3 Å². The van der Waals surface area contributed by atoms with Crippen LogP contribution >= 0.6 is 11.3 Å². The Morgan fingerprint density at radius 2 is 2.08 bits per heavy atom. The van der Waals surface area contributed by atoms with E-state index < -0.39 is 23.1 Å². The fraction of sp³-hybridized carbons (Fsp3) is 0.250. The van der Waals surface area contributed by atoms with Gasteiger partial charge in [-0.25, -0.2) is 0 Å². The first-order valence-electron chi connectivity index (χ1n) is 7.66.